The smallest absolute Gasteiger partial charge is 0.303 e. The van der Waals surface area contributed by atoms with Crippen LogP contribution in [-0.4, -0.2) is 64.9 Å². The highest BCUT2D eigenvalue weighted by molar-refractivity contribution is 5.94. The van der Waals surface area contributed by atoms with Gasteiger partial charge in [0.2, 0.25) is 0 Å². The number of ether oxygens (including phenoxy) is 3. The van der Waals surface area contributed by atoms with Gasteiger partial charge in [0, 0.05) is 43.7 Å². The second kappa shape index (κ2) is 12.1. The van der Waals surface area contributed by atoms with E-state index >= 15 is 0 Å². The molecule has 0 spiro atoms. The van der Waals surface area contributed by atoms with Crippen LogP contribution in [0.25, 0.3) is 0 Å². The molecule has 1 amide bonds. The van der Waals surface area contributed by atoms with E-state index < -0.39 is 24.3 Å². The van der Waals surface area contributed by atoms with Crippen molar-refractivity contribution in [2.24, 2.45) is 5.92 Å². The fourth-order valence-electron chi connectivity index (χ4n) is 4.83. The summed E-state index contributed by atoms with van der Waals surface area (Å²) in [6.45, 7) is 7.02. The molecular formula is C28H36N2O7. The molecule has 0 radical (unpaired) electrons. The highest BCUT2D eigenvalue weighted by atomic mass is 16.7. The van der Waals surface area contributed by atoms with Gasteiger partial charge in [0.1, 0.15) is 0 Å². The molecule has 9 nitrogen and oxygen atoms in total. The van der Waals surface area contributed by atoms with Gasteiger partial charge in [-0.3, -0.25) is 14.5 Å². The van der Waals surface area contributed by atoms with E-state index in [0.717, 1.165) is 29.7 Å². The van der Waals surface area contributed by atoms with Gasteiger partial charge in [-0.05, 0) is 36.6 Å². The number of likely N-dealkylation sites (tertiary alicyclic amines) is 1. The quantitative estimate of drug-likeness (QED) is 0.462. The summed E-state index contributed by atoms with van der Waals surface area (Å²) < 4.78 is 17.8. The number of nitrogens with one attached hydrogen (secondary N) is 1. The van der Waals surface area contributed by atoms with E-state index in [0.29, 0.717) is 18.8 Å². The number of esters is 1. The predicted molar refractivity (Wildman–Crippen MR) is 136 cm³/mol. The predicted octanol–water partition coefficient (Wildman–Crippen LogP) is 2.93. The molecule has 0 aromatic heterocycles. The second-order valence-corrected chi connectivity index (χ2v) is 9.89. The lowest BCUT2D eigenvalue weighted by Gasteiger charge is -2.42. The van der Waals surface area contributed by atoms with Gasteiger partial charge in [0.25, 0.3) is 5.91 Å². The summed E-state index contributed by atoms with van der Waals surface area (Å²) in [5.74, 6) is -0.881. The van der Waals surface area contributed by atoms with Gasteiger partial charge < -0.3 is 29.7 Å². The molecule has 2 aliphatic rings. The molecule has 2 saturated heterocycles. The molecule has 2 aromatic carbocycles. The van der Waals surface area contributed by atoms with Gasteiger partial charge in [0.05, 0.1) is 24.9 Å². The van der Waals surface area contributed by atoms with Crippen molar-refractivity contribution in [2.45, 2.75) is 64.5 Å². The van der Waals surface area contributed by atoms with Crippen LogP contribution in [0.4, 0.5) is 5.69 Å². The van der Waals surface area contributed by atoms with Crippen molar-refractivity contribution in [3.05, 3.63) is 65.2 Å². The molecule has 0 unspecified atom stereocenters. The average Bonchev–Trinajstić information content (AvgIpc) is 3.29. The zero-order chi connectivity index (χ0) is 26.5. The molecule has 0 aliphatic carbocycles. The average molecular weight is 513 g/mol. The highest BCUT2D eigenvalue weighted by Crippen LogP contribution is 2.42. The van der Waals surface area contributed by atoms with E-state index in [1.54, 1.807) is 12.1 Å². The van der Waals surface area contributed by atoms with Gasteiger partial charge in [-0.1, -0.05) is 43.3 Å². The lowest BCUT2D eigenvalue weighted by Crippen LogP contribution is -2.44. The first-order valence-corrected chi connectivity index (χ1v) is 12.7. The van der Waals surface area contributed by atoms with Crippen LogP contribution in [-0.2, 0) is 30.4 Å². The molecule has 4 rings (SSSR count). The third-order valence-corrected chi connectivity index (χ3v) is 6.97. The molecule has 0 bridgehead atoms. The van der Waals surface area contributed by atoms with E-state index in [-0.39, 0.29) is 30.8 Å². The first kappa shape index (κ1) is 27.2. The van der Waals surface area contributed by atoms with Gasteiger partial charge in [0.15, 0.2) is 12.4 Å². The maximum absolute atomic E-state index is 12.3. The molecule has 2 heterocycles. The minimum Gasteiger partial charge on any atom is -0.453 e. The number of β-amino-alcohol motifs (C(OH)–C–C–N with tert-alkyl or cyclic N) is 1. The van der Waals surface area contributed by atoms with E-state index in [1.807, 2.05) is 36.4 Å². The van der Waals surface area contributed by atoms with Crippen molar-refractivity contribution < 1.29 is 34.0 Å². The number of aliphatic hydroxyl groups excluding tert-OH is 2. The molecule has 2 aromatic rings. The monoisotopic (exact) mass is 512 g/mol. The number of hydrogen-bond acceptors (Lipinski definition) is 8. The Kier molecular flexibility index (Phi) is 8.94. The van der Waals surface area contributed by atoms with Crippen molar-refractivity contribution in [3.63, 3.8) is 0 Å². The Hall–Kier alpha value is -2.82. The summed E-state index contributed by atoms with van der Waals surface area (Å²) in [5.41, 5.74) is 3.22. The zero-order valence-electron chi connectivity index (χ0n) is 21.5. The number of aliphatic hydroxyl groups is 2. The summed E-state index contributed by atoms with van der Waals surface area (Å²) in [7, 11) is 0. The third kappa shape index (κ3) is 6.94. The number of carbonyl (C=O) groups is 2. The lowest BCUT2D eigenvalue weighted by molar-refractivity contribution is -0.276. The van der Waals surface area contributed by atoms with Crippen molar-refractivity contribution in [2.75, 3.05) is 25.0 Å². The lowest BCUT2D eigenvalue weighted by atomic mass is 9.90. The van der Waals surface area contributed by atoms with Crippen LogP contribution in [0.15, 0.2) is 48.5 Å². The van der Waals surface area contributed by atoms with Crippen molar-refractivity contribution in [3.8, 4) is 0 Å². The van der Waals surface area contributed by atoms with Crippen molar-refractivity contribution in [1.29, 1.82) is 0 Å². The fourth-order valence-corrected chi connectivity index (χ4v) is 4.83. The molecule has 2 aliphatic heterocycles. The van der Waals surface area contributed by atoms with Gasteiger partial charge in [-0.25, -0.2) is 0 Å². The first-order chi connectivity index (χ1) is 17.7. The maximum Gasteiger partial charge on any atom is 0.303 e. The Balaban J connectivity index is 1.51. The number of benzene rings is 2. The minimum atomic E-state index is -0.897. The van der Waals surface area contributed by atoms with Gasteiger partial charge >= 0.3 is 5.97 Å². The van der Waals surface area contributed by atoms with Crippen LogP contribution < -0.4 is 5.32 Å². The SMILES string of the molecule is CC(=O)O[C@@H](C)C(=O)Nc1ccc([C@@H]2O[C@H](CN3CC[C@H](O)C3)[C@H](C)[C@H](c3ccc(CO)cc3)O2)cc1. The molecule has 9 heteroatoms. The Morgan fingerprint density at radius 2 is 1.78 bits per heavy atom. The van der Waals surface area contributed by atoms with Crippen molar-refractivity contribution >= 4 is 17.6 Å². The van der Waals surface area contributed by atoms with Gasteiger partial charge in [-0.2, -0.15) is 0 Å². The Morgan fingerprint density at radius 1 is 1.11 bits per heavy atom. The zero-order valence-corrected chi connectivity index (χ0v) is 21.5. The van der Waals surface area contributed by atoms with Gasteiger partial charge in [-0.15, -0.1) is 0 Å². The number of hydrogen-bond donors (Lipinski definition) is 3. The minimum absolute atomic E-state index is 0.0183. The summed E-state index contributed by atoms with van der Waals surface area (Å²) >= 11 is 0. The Labute approximate surface area is 217 Å². The van der Waals surface area contributed by atoms with E-state index in [1.165, 1.54) is 13.8 Å². The topological polar surface area (TPSA) is 118 Å². The molecular weight excluding hydrogens is 476 g/mol. The summed E-state index contributed by atoms with van der Waals surface area (Å²) in [6.07, 6.45) is -1.42. The van der Waals surface area contributed by atoms with Crippen molar-refractivity contribution in [1.82, 2.24) is 4.90 Å². The summed E-state index contributed by atoms with van der Waals surface area (Å²) in [6, 6.07) is 15.0. The molecule has 0 saturated carbocycles. The second-order valence-electron chi connectivity index (χ2n) is 9.89. The standard InChI is InChI=1S/C28H36N2O7/c1-17-25(15-30-13-12-24(33)14-30)36-28(37-26(17)21-6-4-20(16-31)5-7-21)22-8-10-23(11-9-22)29-27(34)18(2)35-19(3)32/h4-11,17-18,24-26,28,31,33H,12-16H2,1-3H3,(H,29,34)/t17-,18-,24-,25+,26+,28+/m0/s1. The number of carbonyl (C=O) groups excluding carboxylic acids is 2. The Bertz CT molecular complexity index is 1060. The fraction of sp³-hybridized carbons (Fsp3) is 0.500. The normalized spacial score (nSPS) is 27.0. The molecule has 3 N–H and O–H groups in total. The third-order valence-electron chi connectivity index (χ3n) is 6.97. The largest absolute Gasteiger partial charge is 0.453 e. The van der Waals surface area contributed by atoms with E-state index in [4.69, 9.17) is 14.2 Å². The van der Waals surface area contributed by atoms with Crippen LogP contribution in [0, 0.1) is 5.92 Å². The molecule has 200 valence electrons. The summed E-state index contributed by atoms with van der Waals surface area (Å²) in [4.78, 5) is 25.6. The number of anilines is 1. The van der Waals surface area contributed by atoms with Crippen LogP contribution in [0.2, 0.25) is 0 Å². The Morgan fingerprint density at radius 3 is 2.38 bits per heavy atom. The number of rotatable bonds is 8. The molecule has 37 heavy (non-hydrogen) atoms. The van der Waals surface area contributed by atoms with E-state index in [9.17, 15) is 19.8 Å². The van der Waals surface area contributed by atoms with Crippen LogP contribution in [0.5, 0.6) is 0 Å². The molecule has 2 fully saturated rings. The number of amides is 1. The van der Waals surface area contributed by atoms with E-state index in [2.05, 4.69) is 17.1 Å². The van der Waals surface area contributed by atoms with Crippen LogP contribution in [0.3, 0.4) is 0 Å². The molecule has 6 atom stereocenters. The van der Waals surface area contributed by atoms with Crippen LogP contribution >= 0.6 is 0 Å². The highest BCUT2D eigenvalue weighted by Gasteiger charge is 2.39. The van der Waals surface area contributed by atoms with Crippen LogP contribution in [0.1, 0.15) is 56.3 Å². The maximum atomic E-state index is 12.3. The number of nitrogens with zero attached hydrogens (tertiary/aromatic N) is 1. The summed E-state index contributed by atoms with van der Waals surface area (Å²) in [5, 5.41) is 22.2. The first-order valence-electron chi connectivity index (χ1n) is 12.7.